The number of para-hydroxylation sites is 3. The van der Waals surface area contributed by atoms with Gasteiger partial charge >= 0.3 is 0 Å². The minimum absolute atomic E-state index is 0.0142. The van der Waals surface area contributed by atoms with Gasteiger partial charge in [0, 0.05) is 71.1 Å². The molecule has 0 bridgehead atoms. The van der Waals surface area contributed by atoms with Crippen molar-refractivity contribution in [1.82, 2.24) is 0 Å². The number of nitrogens with zero attached hydrogens (tertiary/aromatic N) is 3. The number of hydrogen-bond acceptors (Lipinski definition) is 5. The monoisotopic (exact) mass is 895 g/mol. The zero-order chi connectivity index (χ0) is 46.1. The lowest BCUT2D eigenvalue weighted by Gasteiger charge is -2.44. The maximum absolute atomic E-state index is 6.76. The third kappa shape index (κ3) is 6.27. The molecule has 13 rings (SSSR count). The second-order valence-corrected chi connectivity index (χ2v) is 21.7. The van der Waals surface area contributed by atoms with Crippen LogP contribution in [0.15, 0.2) is 199 Å². The number of anilines is 9. The Labute approximate surface area is 402 Å². The molecule has 2 aromatic heterocycles. The van der Waals surface area contributed by atoms with Crippen molar-refractivity contribution in [2.75, 3.05) is 14.7 Å². The number of hydrogen-bond donors (Lipinski definition) is 0. The molecule has 0 N–H and O–H groups in total. The minimum atomic E-state index is -0.0394. The Balaban J connectivity index is 1.09. The lowest BCUT2D eigenvalue weighted by Crippen LogP contribution is -2.61. The van der Waals surface area contributed by atoms with E-state index >= 15 is 0 Å². The fourth-order valence-electron chi connectivity index (χ4n) is 11.0. The van der Waals surface area contributed by atoms with Gasteiger partial charge in [-0.1, -0.05) is 151 Å². The van der Waals surface area contributed by atoms with Crippen LogP contribution in [0.3, 0.4) is 0 Å². The number of benzene rings is 9. The van der Waals surface area contributed by atoms with Gasteiger partial charge in [0.15, 0.2) is 5.58 Å². The van der Waals surface area contributed by atoms with Gasteiger partial charge in [-0.2, -0.15) is 0 Å². The number of thiophene rings is 1. The molecule has 9 aromatic carbocycles. The predicted octanol–water partition coefficient (Wildman–Crippen LogP) is 16.1. The van der Waals surface area contributed by atoms with Gasteiger partial charge in [0.25, 0.3) is 6.71 Å². The van der Waals surface area contributed by atoms with E-state index in [2.05, 4.69) is 244 Å². The lowest BCUT2D eigenvalue weighted by atomic mass is 9.33. The topological polar surface area (TPSA) is 22.9 Å². The standard InChI is InChI=1S/C62H50BN3OS/c1-61(2,3)39-26-30-42(31-27-39)65-51-21-15-22-52-59(51)63(50-37-48-46-19-11-13-25-57(46)68-58(48)38-55(50)66(52)43-32-28-40(29-33-43)62(4,5)6)49-35-34-44(36-54(49)65)64(41-16-8-7-9-17-41)53-23-14-20-47-45-18-10-12-24-56(45)67-60(47)53/h7-38H,1-6H3. The molecule has 4 nitrogen and oxygen atoms in total. The third-order valence-electron chi connectivity index (χ3n) is 14.4. The minimum Gasteiger partial charge on any atom is -0.454 e. The summed E-state index contributed by atoms with van der Waals surface area (Å²) in [6, 6.07) is 72.2. The van der Waals surface area contributed by atoms with E-state index in [-0.39, 0.29) is 17.5 Å². The fourth-order valence-corrected chi connectivity index (χ4v) is 12.1. The van der Waals surface area contributed by atoms with E-state index in [1.165, 1.54) is 64.7 Å². The molecule has 0 unspecified atom stereocenters. The van der Waals surface area contributed by atoms with E-state index in [9.17, 15) is 0 Å². The van der Waals surface area contributed by atoms with Crippen LogP contribution in [0, 0.1) is 0 Å². The van der Waals surface area contributed by atoms with Crippen molar-refractivity contribution in [3.63, 3.8) is 0 Å². The van der Waals surface area contributed by atoms with E-state index in [4.69, 9.17) is 4.42 Å². The molecule has 0 spiro atoms. The summed E-state index contributed by atoms with van der Waals surface area (Å²) >= 11 is 1.89. The van der Waals surface area contributed by atoms with E-state index < -0.39 is 0 Å². The van der Waals surface area contributed by atoms with Crippen molar-refractivity contribution in [3.8, 4) is 0 Å². The Bertz CT molecular complexity index is 3780. The summed E-state index contributed by atoms with van der Waals surface area (Å²) in [6.07, 6.45) is 0. The van der Waals surface area contributed by atoms with Crippen LogP contribution in [0.5, 0.6) is 0 Å². The van der Waals surface area contributed by atoms with Crippen molar-refractivity contribution in [2.45, 2.75) is 52.4 Å². The SMILES string of the molecule is CC(C)(C)c1ccc(N2c3cc(N(c4ccccc4)c4cccc5c4oc4ccccc45)ccc3B3c4cc5c(cc4N(c4ccc(C(C)(C)C)cc4)c4cccc2c43)sc2ccccc25)cc1. The average Bonchev–Trinajstić information content (AvgIpc) is 3.92. The molecule has 0 saturated carbocycles. The van der Waals surface area contributed by atoms with Crippen LogP contribution in [0.1, 0.15) is 52.7 Å². The zero-order valence-electron chi connectivity index (χ0n) is 39.2. The van der Waals surface area contributed by atoms with Crippen LogP contribution >= 0.6 is 11.3 Å². The van der Waals surface area contributed by atoms with Crippen molar-refractivity contribution in [3.05, 3.63) is 205 Å². The van der Waals surface area contributed by atoms with Crippen molar-refractivity contribution < 1.29 is 4.42 Å². The smallest absolute Gasteiger partial charge is 0.252 e. The molecule has 0 radical (unpaired) electrons. The quantitative estimate of drug-likeness (QED) is 0.161. The first-order valence-electron chi connectivity index (χ1n) is 23.8. The van der Waals surface area contributed by atoms with E-state index in [1.54, 1.807) is 0 Å². The Hall–Kier alpha value is -7.54. The van der Waals surface area contributed by atoms with Gasteiger partial charge in [0.05, 0.1) is 5.69 Å². The van der Waals surface area contributed by atoms with E-state index in [0.29, 0.717) is 0 Å². The number of rotatable bonds is 5. The van der Waals surface area contributed by atoms with Crippen LogP contribution in [-0.4, -0.2) is 6.71 Å². The molecular formula is C62H50BN3OS. The van der Waals surface area contributed by atoms with Crippen LogP contribution in [0.25, 0.3) is 42.1 Å². The molecule has 4 heterocycles. The Morgan fingerprint density at radius 3 is 1.71 bits per heavy atom. The largest absolute Gasteiger partial charge is 0.454 e. The Morgan fingerprint density at radius 2 is 1.03 bits per heavy atom. The summed E-state index contributed by atoms with van der Waals surface area (Å²) in [5.74, 6) is 0. The highest BCUT2D eigenvalue weighted by molar-refractivity contribution is 7.26. The molecular weight excluding hydrogens is 846 g/mol. The first-order valence-corrected chi connectivity index (χ1v) is 24.6. The van der Waals surface area contributed by atoms with E-state index in [1.807, 2.05) is 17.4 Å². The summed E-state index contributed by atoms with van der Waals surface area (Å²) in [7, 11) is 0. The van der Waals surface area contributed by atoms with Gasteiger partial charge in [0.2, 0.25) is 0 Å². The van der Waals surface area contributed by atoms with Gasteiger partial charge < -0.3 is 19.1 Å². The Morgan fingerprint density at radius 1 is 0.441 bits per heavy atom. The van der Waals surface area contributed by atoms with Gasteiger partial charge in [0.1, 0.15) is 5.58 Å². The maximum Gasteiger partial charge on any atom is 0.252 e. The molecule has 0 aliphatic carbocycles. The van der Waals surface area contributed by atoms with Crippen LogP contribution in [0.4, 0.5) is 51.2 Å². The molecule has 0 fully saturated rings. The zero-order valence-corrected chi connectivity index (χ0v) is 40.0. The predicted molar refractivity (Wildman–Crippen MR) is 293 cm³/mol. The number of furan rings is 1. The van der Waals surface area contributed by atoms with Gasteiger partial charge in [-0.3, -0.25) is 0 Å². The van der Waals surface area contributed by atoms with Crippen molar-refractivity contribution in [2.24, 2.45) is 0 Å². The summed E-state index contributed by atoms with van der Waals surface area (Å²) in [5, 5.41) is 4.83. The first-order chi connectivity index (χ1) is 33.0. The van der Waals surface area contributed by atoms with Gasteiger partial charge in [-0.25, -0.2) is 0 Å². The van der Waals surface area contributed by atoms with Crippen LogP contribution in [0.2, 0.25) is 0 Å². The average molecular weight is 896 g/mol. The van der Waals surface area contributed by atoms with Crippen molar-refractivity contribution >= 4 is 128 Å². The second kappa shape index (κ2) is 15.0. The van der Waals surface area contributed by atoms with Crippen LogP contribution in [-0.2, 0) is 10.8 Å². The number of fused-ring (bicyclic) bond motifs is 10. The lowest BCUT2D eigenvalue weighted by molar-refractivity contribution is 0.590. The maximum atomic E-state index is 6.76. The third-order valence-corrected chi connectivity index (χ3v) is 15.5. The molecule has 2 aliphatic rings. The normalized spacial score (nSPS) is 13.4. The summed E-state index contributed by atoms with van der Waals surface area (Å²) < 4.78 is 9.37. The van der Waals surface area contributed by atoms with Crippen molar-refractivity contribution in [1.29, 1.82) is 0 Å². The second-order valence-electron chi connectivity index (χ2n) is 20.6. The highest BCUT2D eigenvalue weighted by Crippen LogP contribution is 2.49. The van der Waals surface area contributed by atoms with Gasteiger partial charge in [-0.15, -0.1) is 11.3 Å². The highest BCUT2D eigenvalue weighted by Gasteiger charge is 2.44. The molecule has 0 amide bonds. The molecule has 328 valence electrons. The van der Waals surface area contributed by atoms with Gasteiger partial charge in [-0.05, 0) is 129 Å². The van der Waals surface area contributed by atoms with E-state index in [0.717, 1.165) is 56.1 Å². The summed E-state index contributed by atoms with van der Waals surface area (Å²) in [5.41, 5.74) is 18.5. The molecule has 2 aliphatic heterocycles. The molecule has 6 heteroatoms. The summed E-state index contributed by atoms with van der Waals surface area (Å²) in [4.78, 5) is 7.43. The van der Waals surface area contributed by atoms with Crippen LogP contribution < -0.4 is 31.1 Å². The summed E-state index contributed by atoms with van der Waals surface area (Å²) in [6.45, 7) is 13.7. The molecule has 0 atom stereocenters. The first kappa shape index (κ1) is 40.7. The fraction of sp³-hybridized carbons (Fsp3) is 0.129. The Kier molecular flexibility index (Phi) is 8.97. The molecule has 68 heavy (non-hydrogen) atoms. The highest BCUT2D eigenvalue weighted by atomic mass is 32.1. The molecule has 11 aromatic rings. The molecule has 0 saturated heterocycles.